The first-order valence-electron chi connectivity index (χ1n) is 5.14. The van der Waals surface area contributed by atoms with E-state index < -0.39 is 0 Å². The fourth-order valence-electron chi connectivity index (χ4n) is 1.08. The van der Waals surface area contributed by atoms with Gasteiger partial charge in [-0.05, 0) is 43.1 Å². The zero-order chi connectivity index (χ0) is 11.4. The first kappa shape index (κ1) is 12.8. The third-order valence-electron chi connectivity index (χ3n) is 2.36. The topological polar surface area (TPSA) is 25.8 Å². The van der Waals surface area contributed by atoms with Gasteiger partial charge in [0, 0.05) is 0 Å². The number of hydrogen-bond acceptors (Lipinski definition) is 3. The Morgan fingerprint density at radius 2 is 1.87 bits per heavy atom. The lowest BCUT2D eigenvalue weighted by Gasteiger charge is -2.08. The fraction of sp³-hybridized carbons (Fsp3) is 0.636. The maximum absolute atomic E-state index is 5.89. The Morgan fingerprint density at radius 1 is 1.20 bits per heavy atom. The van der Waals surface area contributed by atoms with Gasteiger partial charge in [-0.1, -0.05) is 25.4 Å². The second kappa shape index (κ2) is 5.71. The lowest BCUT2D eigenvalue weighted by molar-refractivity contribution is 0.631. The number of aromatic nitrogens is 2. The first-order chi connectivity index (χ1) is 7.02. The van der Waals surface area contributed by atoms with E-state index in [9.17, 15) is 0 Å². The monoisotopic (exact) mass is 244 g/mol. The predicted octanol–water partition coefficient (Wildman–Crippen LogP) is 3.89. The van der Waals surface area contributed by atoms with Crippen LogP contribution >= 0.6 is 23.4 Å². The van der Waals surface area contributed by atoms with Crippen molar-refractivity contribution < 1.29 is 0 Å². The molecule has 1 aromatic rings. The first-order valence-corrected chi connectivity index (χ1v) is 6.51. The van der Waals surface area contributed by atoms with E-state index in [1.54, 1.807) is 11.8 Å². The van der Waals surface area contributed by atoms with E-state index in [2.05, 4.69) is 24.0 Å². The molecule has 0 saturated carbocycles. The molecule has 1 rings (SSSR count). The van der Waals surface area contributed by atoms with Gasteiger partial charge in [0.15, 0.2) is 5.15 Å². The Labute approximate surface area is 101 Å². The number of thioether (sulfide) groups is 1. The van der Waals surface area contributed by atoms with Crippen molar-refractivity contribution in [3.63, 3.8) is 0 Å². The number of rotatable bonds is 4. The van der Waals surface area contributed by atoms with Crippen LogP contribution in [-0.4, -0.2) is 16.0 Å². The Balaban J connectivity index is 2.66. The van der Waals surface area contributed by atoms with Gasteiger partial charge in [-0.3, -0.25) is 0 Å². The molecule has 1 heterocycles. The molecule has 0 aromatic carbocycles. The van der Waals surface area contributed by atoms with Gasteiger partial charge in [-0.2, -0.15) is 0 Å². The van der Waals surface area contributed by atoms with Crippen molar-refractivity contribution in [2.45, 2.75) is 39.1 Å². The highest BCUT2D eigenvalue weighted by Crippen LogP contribution is 2.25. The molecule has 0 amide bonds. The average Bonchev–Trinajstić information content (AvgIpc) is 2.18. The molecule has 84 valence electrons. The molecule has 0 spiro atoms. The van der Waals surface area contributed by atoms with Crippen LogP contribution in [0, 0.1) is 19.8 Å². The molecule has 0 aliphatic carbocycles. The quantitative estimate of drug-likeness (QED) is 0.752. The number of hydrogen-bond donors (Lipinski definition) is 0. The van der Waals surface area contributed by atoms with E-state index in [0.29, 0.717) is 5.15 Å². The molecule has 0 fully saturated rings. The van der Waals surface area contributed by atoms with Gasteiger partial charge in [0.05, 0.1) is 0 Å². The fourth-order valence-corrected chi connectivity index (χ4v) is 2.51. The highest BCUT2D eigenvalue weighted by Gasteiger charge is 2.08. The van der Waals surface area contributed by atoms with Crippen molar-refractivity contribution in [1.29, 1.82) is 0 Å². The Bertz CT molecular complexity index is 340. The van der Waals surface area contributed by atoms with Gasteiger partial charge < -0.3 is 0 Å². The van der Waals surface area contributed by atoms with Gasteiger partial charge in [-0.25, -0.2) is 0 Å². The van der Waals surface area contributed by atoms with E-state index in [1.165, 1.54) is 6.42 Å². The molecule has 0 atom stereocenters. The van der Waals surface area contributed by atoms with Crippen LogP contribution in [0.1, 0.15) is 31.4 Å². The third kappa shape index (κ3) is 3.65. The van der Waals surface area contributed by atoms with Crippen LogP contribution in [0.4, 0.5) is 0 Å². The summed E-state index contributed by atoms with van der Waals surface area (Å²) in [5.74, 6) is 1.83. The summed E-state index contributed by atoms with van der Waals surface area (Å²) in [6.07, 6.45) is 1.20. The standard InChI is InChI=1S/C11H17ClN2S/c1-7(2)5-6-15-11-9(4)8(3)10(12)13-14-11/h7H,5-6H2,1-4H3. The lowest BCUT2D eigenvalue weighted by atomic mass is 10.2. The van der Waals surface area contributed by atoms with Gasteiger partial charge in [0.25, 0.3) is 0 Å². The number of halogens is 1. The Hall–Kier alpha value is -0.280. The zero-order valence-electron chi connectivity index (χ0n) is 9.67. The van der Waals surface area contributed by atoms with E-state index >= 15 is 0 Å². The molecule has 0 N–H and O–H groups in total. The summed E-state index contributed by atoms with van der Waals surface area (Å²) in [6, 6.07) is 0. The molecule has 0 unspecified atom stereocenters. The molecule has 1 aromatic heterocycles. The summed E-state index contributed by atoms with van der Waals surface area (Å²) < 4.78 is 0. The number of nitrogens with zero attached hydrogens (tertiary/aromatic N) is 2. The van der Waals surface area contributed by atoms with E-state index in [1.807, 2.05) is 13.8 Å². The predicted molar refractivity (Wildman–Crippen MR) is 66.7 cm³/mol. The van der Waals surface area contributed by atoms with Gasteiger partial charge in [-0.15, -0.1) is 22.0 Å². The van der Waals surface area contributed by atoms with Crippen LogP contribution in [0.3, 0.4) is 0 Å². The molecule has 4 heteroatoms. The summed E-state index contributed by atoms with van der Waals surface area (Å²) in [5.41, 5.74) is 2.20. The normalized spacial score (nSPS) is 11.1. The summed E-state index contributed by atoms with van der Waals surface area (Å²) >= 11 is 7.65. The van der Waals surface area contributed by atoms with Crippen molar-refractivity contribution in [2.75, 3.05) is 5.75 Å². The summed E-state index contributed by atoms with van der Waals surface area (Å²) in [7, 11) is 0. The van der Waals surface area contributed by atoms with Crippen molar-refractivity contribution in [2.24, 2.45) is 5.92 Å². The highest BCUT2D eigenvalue weighted by atomic mass is 35.5. The van der Waals surface area contributed by atoms with Crippen molar-refractivity contribution in [1.82, 2.24) is 10.2 Å². The largest absolute Gasteiger partial charge is 0.154 e. The van der Waals surface area contributed by atoms with Crippen LogP contribution in [0.25, 0.3) is 0 Å². The molecule has 0 radical (unpaired) electrons. The zero-order valence-corrected chi connectivity index (χ0v) is 11.2. The van der Waals surface area contributed by atoms with Crippen LogP contribution in [-0.2, 0) is 0 Å². The van der Waals surface area contributed by atoms with Gasteiger partial charge >= 0.3 is 0 Å². The minimum atomic E-state index is 0.515. The highest BCUT2D eigenvalue weighted by molar-refractivity contribution is 7.99. The Morgan fingerprint density at radius 3 is 2.47 bits per heavy atom. The molecule has 15 heavy (non-hydrogen) atoms. The maximum atomic E-state index is 5.89. The van der Waals surface area contributed by atoms with E-state index in [0.717, 1.165) is 27.8 Å². The Kier molecular flexibility index (Phi) is 4.87. The van der Waals surface area contributed by atoms with E-state index in [4.69, 9.17) is 11.6 Å². The van der Waals surface area contributed by atoms with Gasteiger partial charge in [0.2, 0.25) is 0 Å². The smallest absolute Gasteiger partial charge is 0.142 e. The molecule has 0 bridgehead atoms. The lowest BCUT2D eigenvalue weighted by Crippen LogP contribution is -1.97. The molecule has 0 aliphatic heterocycles. The van der Waals surface area contributed by atoms with Crippen LogP contribution in [0.5, 0.6) is 0 Å². The second-order valence-electron chi connectivity index (χ2n) is 4.08. The third-order valence-corrected chi connectivity index (χ3v) is 3.82. The minimum Gasteiger partial charge on any atom is -0.142 e. The molecule has 2 nitrogen and oxygen atoms in total. The maximum Gasteiger partial charge on any atom is 0.154 e. The minimum absolute atomic E-state index is 0.515. The van der Waals surface area contributed by atoms with Crippen molar-refractivity contribution >= 4 is 23.4 Å². The van der Waals surface area contributed by atoms with Crippen molar-refractivity contribution in [3.05, 3.63) is 16.3 Å². The summed E-state index contributed by atoms with van der Waals surface area (Å²) in [4.78, 5) is 0. The van der Waals surface area contributed by atoms with Crippen LogP contribution < -0.4 is 0 Å². The molecular weight excluding hydrogens is 228 g/mol. The van der Waals surface area contributed by atoms with Crippen molar-refractivity contribution in [3.8, 4) is 0 Å². The van der Waals surface area contributed by atoms with Crippen LogP contribution in [0.2, 0.25) is 5.15 Å². The second-order valence-corrected chi connectivity index (χ2v) is 5.52. The molecule has 0 saturated heterocycles. The SMILES string of the molecule is Cc1c(Cl)nnc(SCCC(C)C)c1C. The molecular formula is C11H17ClN2S. The summed E-state index contributed by atoms with van der Waals surface area (Å²) in [6.45, 7) is 8.49. The van der Waals surface area contributed by atoms with Gasteiger partial charge in [0.1, 0.15) is 5.03 Å². The molecule has 0 aliphatic rings. The summed E-state index contributed by atoms with van der Waals surface area (Å²) in [5, 5.41) is 9.57. The van der Waals surface area contributed by atoms with Crippen LogP contribution in [0.15, 0.2) is 5.03 Å². The average molecular weight is 245 g/mol. The van der Waals surface area contributed by atoms with E-state index in [-0.39, 0.29) is 0 Å².